The molecule has 0 aromatic rings. The zero-order valence-corrected chi connectivity index (χ0v) is 5.18. The van der Waals surface area contributed by atoms with Crippen molar-refractivity contribution in [2.45, 2.75) is 0 Å². The van der Waals surface area contributed by atoms with Crippen molar-refractivity contribution in [1.29, 1.82) is 0 Å². The van der Waals surface area contributed by atoms with Crippen LogP contribution >= 0.6 is 0 Å². The highest BCUT2D eigenvalue weighted by Crippen LogP contribution is 1.81. The van der Waals surface area contributed by atoms with Gasteiger partial charge >= 0.3 is 0 Å². The highest BCUT2D eigenvalue weighted by molar-refractivity contribution is 4.60. The first-order valence-electron chi connectivity index (χ1n) is 2.21. The molecule has 0 rings (SSSR count). The fourth-order valence-corrected chi connectivity index (χ4v) is 0.163. The van der Waals surface area contributed by atoms with Crippen LogP contribution in [0.25, 0.3) is 0 Å². The molecular weight excluding hydrogens is 88.1 g/mol. The summed E-state index contributed by atoms with van der Waals surface area (Å²) in [4.78, 5) is 0. The Morgan fingerprint density at radius 1 is 1.29 bits per heavy atom. The normalized spacial score (nSPS) is 9.14. The molecule has 0 atom stereocenters. The molecule has 7 heavy (non-hydrogen) atoms. The average molecular weight is 100 g/mol. The van der Waals surface area contributed by atoms with Gasteiger partial charge in [0.25, 0.3) is 0 Å². The standard InChI is InChI=1S/C5H12N2/c1-5-7(4)6(2)3/h5H,1H2,2-4H3. The number of hydrazine groups is 1. The largest absolute Gasteiger partial charge is 0.317 e. The van der Waals surface area contributed by atoms with Crippen molar-refractivity contribution in [3.8, 4) is 0 Å². The van der Waals surface area contributed by atoms with Crippen LogP contribution < -0.4 is 0 Å². The highest BCUT2D eigenvalue weighted by atomic mass is 15.6. The Morgan fingerprint density at radius 3 is 1.71 bits per heavy atom. The summed E-state index contributed by atoms with van der Waals surface area (Å²) in [6.45, 7) is 3.57. The van der Waals surface area contributed by atoms with Crippen LogP contribution in [0.3, 0.4) is 0 Å². The molecule has 0 aromatic heterocycles. The van der Waals surface area contributed by atoms with E-state index in [1.165, 1.54) is 0 Å². The topological polar surface area (TPSA) is 6.48 Å². The van der Waals surface area contributed by atoms with E-state index >= 15 is 0 Å². The minimum Gasteiger partial charge on any atom is -0.317 e. The Hall–Kier alpha value is -0.500. The van der Waals surface area contributed by atoms with E-state index in [-0.39, 0.29) is 0 Å². The van der Waals surface area contributed by atoms with E-state index in [2.05, 4.69) is 6.58 Å². The van der Waals surface area contributed by atoms with Gasteiger partial charge in [0.15, 0.2) is 0 Å². The lowest BCUT2D eigenvalue weighted by atomic mass is 10.9. The first kappa shape index (κ1) is 6.50. The van der Waals surface area contributed by atoms with Gasteiger partial charge in [-0.05, 0) is 0 Å². The van der Waals surface area contributed by atoms with Crippen LogP contribution in [0.1, 0.15) is 0 Å². The van der Waals surface area contributed by atoms with Gasteiger partial charge in [0, 0.05) is 27.3 Å². The molecule has 0 aliphatic heterocycles. The van der Waals surface area contributed by atoms with Gasteiger partial charge in [-0.3, -0.25) is 0 Å². The fourth-order valence-electron chi connectivity index (χ4n) is 0.163. The molecule has 0 spiro atoms. The summed E-state index contributed by atoms with van der Waals surface area (Å²) in [5, 5.41) is 3.83. The molecule has 0 aromatic carbocycles. The van der Waals surface area contributed by atoms with Crippen molar-refractivity contribution in [3.05, 3.63) is 12.8 Å². The minimum absolute atomic E-state index is 1.75. The molecule has 2 heteroatoms. The van der Waals surface area contributed by atoms with Gasteiger partial charge in [-0.15, -0.1) is 0 Å². The summed E-state index contributed by atoms with van der Waals surface area (Å²) >= 11 is 0. The Balaban J connectivity index is 3.33. The second kappa shape index (κ2) is 2.64. The third-order valence-corrected chi connectivity index (χ3v) is 0.895. The van der Waals surface area contributed by atoms with Crippen molar-refractivity contribution in [1.82, 2.24) is 10.0 Å². The van der Waals surface area contributed by atoms with E-state index in [0.29, 0.717) is 0 Å². The first-order chi connectivity index (χ1) is 3.18. The maximum absolute atomic E-state index is 3.57. The van der Waals surface area contributed by atoms with Gasteiger partial charge < -0.3 is 5.01 Å². The molecule has 2 nitrogen and oxygen atoms in total. The molecule has 0 N–H and O–H groups in total. The van der Waals surface area contributed by atoms with Crippen molar-refractivity contribution in [3.63, 3.8) is 0 Å². The minimum atomic E-state index is 1.75. The summed E-state index contributed by atoms with van der Waals surface area (Å²) < 4.78 is 0. The van der Waals surface area contributed by atoms with Crippen molar-refractivity contribution < 1.29 is 0 Å². The number of hydrogen-bond donors (Lipinski definition) is 0. The molecule has 42 valence electrons. The molecule has 0 heterocycles. The van der Waals surface area contributed by atoms with Gasteiger partial charge in [0.2, 0.25) is 0 Å². The molecule has 0 aliphatic carbocycles. The van der Waals surface area contributed by atoms with E-state index < -0.39 is 0 Å². The van der Waals surface area contributed by atoms with E-state index in [0.717, 1.165) is 0 Å². The van der Waals surface area contributed by atoms with Crippen LogP contribution in [0.2, 0.25) is 0 Å². The van der Waals surface area contributed by atoms with Crippen molar-refractivity contribution >= 4 is 0 Å². The molecule has 0 unspecified atom stereocenters. The summed E-state index contributed by atoms with van der Waals surface area (Å²) in [6, 6.07) is 0. The second-order valence-electron chi connectivity index (χ2n) is 1.60. The van der Waals surface area contributed by atoms with Crippen LogP contribution in [0, 0.1) is 0 Å². The van der Waals surface area contributed by atoms with Crippen LogP contribution in [-0.4, -0.2) is 31.2 Å². The monoisotopic (exact) mass is 100 g/mol. The number of hydrogen-bond acceptors (Lipinski definition) is 2. The molecule has 0 bridgehead atoms. The van der Waals surface area contributed by atoms with Gasteiger partial charge in [0.05, 0.1) is 0 Å². The van der Waals surface area contributed by atoms with E-state index in [1.807, 2.05) is 31.2 Å². The Kier molecular flexibility index (Phi) is 2.45. The maximum atomic E-state index is 3.57. The molecule has 0 aliphatic rings. The van der Waals surface area contributed by atoms with Crippen molar-refractivity contribution in [2.75, 3.05) is 21.1 Å². The van der Waals surface area contributed by atoms with Crippen LogP contribution in [-0.2, 0) is 0 Å². The third-order valence-electron chi connectivity index (χ3n) is 0.895. The lowest BCUT2D eigenvalue weighted by molar-refractivity contribution is 0.117. The van der Waals surface area contributed by atoms with Crippen LogP contribution in [0.15, 0.2) is 12.8 Å². The Morgan fingerprint density at radius 2 is 1.71 bits per heavy atom. The zero-order valence-electron chi connectivity index (χ0n) is 5.18. The molecule has 0 amide bonds. The van der Waals surface area contributed by atoms with Gasteiger partial charge in [-0.1, -0.05) is 6.58 Å². The lowest BCUT2D eigenvalue weighted by Crippen LogP contribution is -2.27. The van der Waals surface area contributed by atoms with Crippen molar-refractivity contribution in [2.24, 2.45) is 0 Å². The van der Waals surface area contributed by atoms with E-state index in [9.17, 15) is 0 Å². The third kappa shape index (κ3) is 2.23. The smallest absolute Gasteiger partial charge is 0.0227 e. The Labute approximate surface area is 45.0 Å². The quantitative estimate of drug-likeness (QED) is 0.467. The summed E-state index contributed by atoms with van der Waals surface area (Å²) in [7, 11) is 5.86. The molecule has 0 fully saturated rings. The van der Waals surface area contributed by atoms with Gasteiger partial charge in [0.1, 0.15) is 0 Å². The molecule has 0 saturated heterocycles. The predicted octanol–water partition coefficient (Wildman–Crippen LogP) is 0.538. The van der Waals surface area contributed by atoms with Gasteiger partial charge in [-0.2, -0.15) is 0 Å². The maximum Gasteiger partial charge on any atom is 0.0227 e. The summed E-state index contributed by atoms with van der Waals surface area (Å²) in [5.74, 6) is 0. The lowest BCUT2D eigenvalue weighted by Gasteiger charge is -2.20. The Bertz CT molecular complexity index is 59.1. The van der Waals surface area contributed by atoms with E-state index in [4.69, 9.17) is 0 Å². The average Bonchev–Trinajstić information content (AvgIpc) is 1.65. The summed E-state index contributed by atoms with van der Waals surface area (Å²) in [6.07, 6.45) is 1.75. The predicted molar refractivity (Wildman–Crippen MR) is 31.6 cm³/mol. The van der Waals surface area contributed by atoms with Crippen LogP contribution in [0.4, 0.5) is 0 Å². The number of nitrogens with zero attached hydrogens (tertiary/aromatic N) is 2. The fraction of sp³-hybridized carbons (Fsp3) is 0.600. The van der Waals surface area contributed by atoms with Crippen LogP contribution in [0.5, 0.6) is 0 Å². The van der Waals surface area contributed by atoms with E-state index in [1.54, 1.807) is 6.20 Å². The highest BCUT2D eigenvalue weighted by Gasteiger charge is 1.86. The second-order valence-corrected chi connectivity index (χ2v) is 1.60. The number of rotatable bonds is 2. The molecule has 0 saturated carbocycles. The summed E-state index contributed by atoms with van der Waals surface area (Å²) in [5.41, 5.74) is 0. The zero-order chi connectivity index (χ0) is 5.86. The molecule has 0 radical (unpaired) electrons. The van der Waals surface area contributed by atoms with Gasteiger partial charge in [-0.25, -0.2) is 5.01 Å². The molecular formula is C5H12N2. The first-order valence-corrected chi connectivity index (χ1v) is 2.21. The SMILES string of the molecule is C=CN(C)N(C)C.